The molecule has 1 atom stereocenters. The first kappa shape index (κ1) is 15.1. The second-order valence-electron chi connectivity index (χ2n) is 4.63. The standard InChI is InChI=1S/C13H13ClN4O3/c1-13(19,10-4-2-3-5-11(10)14)8-17-12-15-6-9(7-16-12)18(20)21/h2-7,19H,8H2,1H3,(H,15,16,17). The van der Waals surface area contributed by atoms with Crippen molar-refractivity contribution in [1.29, 1.82) is 0 Å². The van der Waals surface area contributed by atoms with E-state index in [2.05, 4.69) is 15.3 Å². The summed E-state index contributed by atoms with van der Waals surface area (Å²) in [5.41, 5.74) is -0.858. The lowest BCUT2D eigenvalue weighted by Gasteiger charge is -2.25. The lowest BCUT2D eigenvalue weighted by atomic mass is 9.96. The van der Waals surface area contributed by atoms with Gasteiger partial charge < -0.3 is 10.4 Å². The topological polar surface area (TPSA) is 101 Å². The molecular formula is C13H13ClN4O3. The molecule has 0 bridgehead atoms. The summed E-state index contributed by atoms with van der Waals surface area (Å²) < 4.78 is 0. The van der Waals surface area contributed by atoms with E-state index in [1.54, 1.807) is 31.2 Å². The Kier molecular flexibility index (Phi) is 4.35. The van der Waals surface area contributed by atoms with E-state index >= 15 is 0 Å². The Labute approximate surface area is 125 Å². The zero-order chi connectivity index (χ0) is 15.5. The van der Waals surface area contributed by atoms with E-state index in [9.17, 15) is 15.2 Å². The van der Waals surface area contributed by atoms with Crippen molar-refractivity contribution in [2.45, 2.75) is 12.5 Å². The van der Waals surface area contributed by atoms with Gasteiger partial charge in [0.15, 0.2) is 0 Å². The molecule has 1 aromatic carbocycles. The maximum Gasteiger partial charge on any atom is 0.305 e. The first-order valence-electron chi connectivity index (χ1n) is 6.08. The minimum Gasteiger partial charge on any atom is -0.384 e. The molecule has 0 aliphatic rings. The van der Waals surface area contributed by atoms with E-state index < -0.39 is 10.5 Å². The van der Waals surface area contributed by atoms with Gasteiger partial charge in [0.2, 0.25) is 5.95 Å². The summed E-state index contributed by atoms with van der Waals surface area (Å²) in [7, 11) is 0. The Bertz CT molecular complexity index is 646. The molecule has 1 heterocycles. The first-order chi connectivity index (χ1) is 9.90. The number of hydrogen-bond donors (Lipinski definition) is 2. The molecule has 0 radical (unpaired) electrons. The minimum atomic E-state index is -1.23. The maximum atomic E-state index is 10.5. The molecule has 0 spiro atoms. The van der Waals surface area contributed by atoms with Crippen molar-refractivity contribution in [3.63, 3.8) is 0 Å². The Morgan fingerprint density at radius 1 is 1.38 bits per heavy atom. The highest BCUT2D eigenvalue weighted by molar-refractivity contribution is 6.31. The number of benzene rings is 1. The molecular weight excluding hydrogens is 296 g/mol. The van der Waals surface area contributed by atoms with Crippen LogP contribution in [0.25, 0.3) is 0 Å². The highest BCUT2D eigenvalue weighted by Crippen LogP contribution is 2.27. The Balaban J connectivity index is 2.08. The van der Waals surface area contributed by atoms with Crippen molar-refractivity contribution in [1.82, 2.24) is 9.97 Å². The van der Waals surface area contributed by atoms with Crippen molar-refractivity contribution in [3.8, 4) is 0 Å². The SMILES string of the molecule is CC(O)(CNc1ncc([N+](=O)[O-])cn1)c1ccccc1Cl. The highest BCUT2D eigenvalue weighted by Gasteiger charge is 2.25. The molecule has 2 rings (SSSR count). The van der Waals surface area contributed by atoms with Crippen LogP contribution in [0, 0.1) is 10.1 Å². The average molecular weight is 309 g/mol. The number of nitrogens with one attached hydrogen (secondary N) is 1. The third kappa shape index (κ3) is 3.65. The van der Waals surface area contributed by atoms with E-state index in [0.717, 1.165) is 12.4 Å². The number of rotatable bonds is 5. The fraction of sp³-hybridized carbons (Fsp3) is 0.231. The number of nitrogens with zero attached hydrogens (tertiary/aromatic N) is 3. The van der Waals surface area contributed by atoms with Crippen LogP contribution < -0.4 is 5.32 Å². The van der Waals surface area contributed by atoms with Crippen molar-refractivity contribution in [3.05, 3.63) is 57.4 Å². The largest absolute Gasteiger partial charge is 0.384 e. The van der Waals surface area contributed by atoms with Gasteiger partial charge in [-0.25, -0.2) is 9.97 Å². The lowest BCUT2D eigenvalue weighted by molar-refractivity contribution is -0.385. The molecule has 0 aliphatic carbocycles. The summed E-state index contributed by atoms with van der Waals surface area (Å²) in [6, 6.07) is 6.96. The zero-order valence-corrected chi connectivity index (χ0v) is 11.9. The van der Waals surface area contributed by atoms with Crippen molar-refractivity contribution in [2.75, 3.05) is 11.9 Å². The van der Waals surface area contributed by atoms with E-state index in [1.807, 2.05) is 0 Å². The highest BCUT2D eigenvalue weighted by atomic mass is 35.5. The van der Waals surface area contributed by atoms with Crippen LogP contribution in [0.1, 0.15) is 12.5 Å². The zero-order valence-electron chi connectivity index (χ0n) is 11.2. The third-order valence-electron chi connectivity index (χ3n) is 2.89. The molecule has 1 unspecified atom stereocenters. The maximum absolute atomic E-state index is 10.5. The number of nitro groups is 1. The quantitative estimate of drug-likeness (QED) is 0.649. The fourth-order valence-corrected chi connectivity index (χ4v) is 2.09. The van der Waals surface area contributed by atoms with E-state index in [0.29, 0.717) is 10.6 Å². The lowest BCUT2D eigenvalue weighted by Crippen LogP contribution is -2.31. The van der Waals surface area contributed by atoms with Gasteiger partial charge in [0, 0.05) is 10.6 Å². The smallest absolute Gasteiger partial charge is 0.305 e. The van der Waals surface area contributed by atoms with Crippen LogP contribution in [0.5, 0.6) is 0 Å². The van der Waals surface area contributed by atoms with Crippen molar-refractivity contribution >= 4 is 23.2 Å². The van der Waals surface area contributed by atoms with Crippen LogP contribution in [-0.2, 0) is 5.60 Å². The Morgan fingerprint density at radius 2 is 2.00 bits per heavy atom. The molecule has 0 fully saturated rings. The van der Waals surface area contributed by atoms with Crippen molar-refractivity contribution < 1.29 is 10.0 Å². The molecule has 0 aliphatic heterocycles. The van der Waals surface area contributed by atoms with Gasteiger partial charge in [0.05, 0.1) is 11.5 Å². The number of halogens is 1. The van der Waals surface area contributed by atoms with Crippen LogP contribution in [0.3, 0.4) is 0 Å². The molecule has 7 nitrogen and oxygen atoms in total. The molecule has 110 valence electrons. The van der Waals surface area contributed by atoms with Gasteiger partial charge in [-0.15, -0.1) is 0 Å². The van der Waals surface area contributed by atoms with Crippen LogP contribution in [0.2, 0.25) is 5.02 Å². The van der Waals surface area contributed by atoms with E-state index in [4.69, 9.17) is 11.6 Å². The predicted molar refractivity (Wildman–Crippen MR) is 78.2 cm³/mol. The molecule has 0 saturated heterocycles. The number of aliphatic hydroxyl groups is 1. The summed E-state index contributed by atoms with van der Waals surface area (Å²) in [4.78, 5) is 17.5. The summed E-state index contributed by atoms with van der Waals surface area (Å²) in [6.45, 7) is 1.71. The minimum absolute atomic E-state index is 0.106. The van der Waals surface area contributed by atoms with Gasteiger partial charge in [-0.2, -0.15) is 0 Å². The monoisotopic (exact) mass is 308 g/mol. The van der Waals surface area contributed by atoms with Crippen LogP contribution in [-0.4, -0.2) is 26.5 Å². The Morgan fingerprint density at radius 3 is 2.57 bits per heavy atom. The number of aromatic nitrogens is 2. The molecule has 0 amide bonds. The second kappa shape index (κ2) is 6.02. The van der Waals surface area contributed by atoms with Gasteiger partial charge in [0.25, 0.3) is 0 Å². The van der Waals surface area contributed by atoms with Crippen molar-refractivity contribution in [2.24, 2.45) is 0 Å². The predicted octanol–water partition coefficient (Wildman–Crippen LogP) is 2.36. The molecule has 1 aromatic heterocycles. The average Bonchev–Trinajstić information content (AvgIpc) is 2.46. The first-order valence-corrected chi connectivity index (χ1v) is 6.45. The van der Waals surface area contributed by atoms with E-state index in [-0.39, 0.29) is 18.2 Å². The number of hydrogen-bond acceptors (Lipinski definition) is 6. The van der Waals surface area contributed by atoms with Gasteiger partial charge in [-0.05, 0) is 13.0 Å². The molecule has 2 N–H and O–H groups in total. The molecule has 2 aromatic rings. The molecule has 8 heteroatoms. The van der Waals surface area contributed by atoms with Gasteiger partial charge in [-0.3, -0.25) is 10.1 Å². The van der Waals surface area contributed by atoms with Gasteiger partial charge in [0.1, 0.15) is 18.0 Å². The van der Waals surface area contributed by atoms with Crippen LogP contribution in [0.15, 0.2) is 36.7 Å². The fourth-order valence-electron chi connectivity index (χ4n) is 1.75. The van der Waals surface area contributed by atoms with Crippen LogP contribution in [0.4, 0.5) is 11.6 Å². The van der Waals surface area contributed by atoms with Gasteiger partial charge in [-0.1, -0.05) is 29.8 Å². The molecule has 21 heavy (non-hydrogen) atoms. The normalized spacial score (nSPS) is 13.5. The summed E-state index contributed by atoms with van der Waals surface area (Å²) >= 11 is 6.05. The van der Waals surface area contributed by atoms with Gasteiger partial charge >= 0.3 is 5.69 Å². The summed E-state index contributed by atoms with van der Waals surface area (Å²) in [5, 5.41) is 24.2. The second-order valence-corrected chi connectivity index (χ2v) is 5.04. The van der Waals surface area contributed by atoms with Crippen LogP contribution >= 0.6 is 11.6 Å². The third-order valence-corrected chi connectivity index (χ3v) is 3.22. The number of anilines is 1. The Hall–Kier alpha value is -2.25. The molecule has 0 saturated carbocycles. The van der Waals surface area contributed by atoms with E-state index in [1.165, 1.54) is 0 Å². The summed E-state index contributed by atoms with van der Waals surface area (Å²) in [5.74, 6) is 0.188. The summed E-state index contributed by atoms with van der Waals surface area (Å²) in [6.07, 6.45) is 2.19.